The number of rotatable bonds is 10. The summed E-state index contributed by atoms with van der Waals surface area (Å²) in [4.78, 5) is 36.4. The standard InChI is InChI=1S/C25H30N6O3S/c1-30(2)22-20(14-21(32)33)23(31(3)4)29-25(28-22)35-16-18-10-12-19(13-11-18)27-24(34)26-15-17-8-6-5-7-9-17/h5-13H,14-16H2,1-4H3,(H,32,33)(H2,26,27,34). The van der Waals surface area contributed by atoms with Crippen LogP contribution in [0.15, 0.2) is 59.8 Å². The number of urea groups is 1. The summed E-state index contributed by atoms with van der Waals surface area (Å²) in [5.74, 6) is 0.880. The number of carbonyl (C=O) groups is 2. The fourth-order valence-electron chi connectivity index (χ4n) is 3.34. The molecule has 9 nitrogen and oxygen atoms in total. The van der Waals surface area contributed by atoms with Crippen LogP contribution in [0.2, 0.25) is 0 Å². The van der Waals surface area contributed by atoms with Gasteiger partial charge >= 0.3 is 12.0 Å². The SMILES string of the molecule is CN(C)c1nc(SCc2ccc(NC(=O)NCc3ccccc3)cc2)nc(N(C)C)c1CC(=O)O. The molecule has 0 radical (unpaired) electrons. The lowest BCUT2D eigenvalue weighted by molar-refractivity contribution is -0.136. The maximum absolute atomic E-state index is 12.2. The number of hydrogen-bond acceptors (Lipinski definition) is 7. The molecule has 2 aromatic carbocycles. The van der Waals surface area contributed by atoms with Crippen molar-refractivity contribution in [3.8, 4) is 0 Å². The molecule has 0 saturated carbocycles. The highest BCUT2D eigenvalue weighted by atomic mass is 32.2. The first-order valence-electron chi connectivity index (χ1n) is 11.0. The van der Waals surface area contributed by atoms with Crippen LogP contribution >= 0.6 is 11.8 Å². The zero-order valence-electron chi connectivity index (χ0n) is 20.3. The van der Waals surface area contributed by atoms with E-state index in [0.717, 1.165) is 11.1 Å². The highest BCUT2D eigenvalue weighted by Gasteiger charge is 2.20. The summed E-state index contributed by atoms with van der Waals surface area (Å²) in [6.45, 7) is 0.455. The van der Waals surface area contributed by atoms with Crippen molar-refractivity contribution in [2.45, 2.75) is 23.9 Å². The first-order chi connectivity index (χ1) is 16.7. The number of hydrogen-bond donors (Lipinski definition) is 3. The third-order valence-corrected chi connectivity index (χ3v) is 5.91. The van der Waals surface area contributed by atoms with Gasteiger partial charge in [0.2, 0.25) is 0 Å². The topological polar surface area (TPSA) is 111 Å². The van der Waals surface area contributed by atoms with E-state index < -0.39 is 5.97 Å². The van der Waals surface area contributed by atoms with Gasteiger partial charge < -0.3 is 25.5 Å². The maximum Gasteiger partial charge on any atom is 0.319 e. The van der Waals surface area contributed by atoms with Crippen LogP contribution < -0.4 is 20.4 Å². The summed E-state index contributed by atoms with van der Waals surface area (Å²) >= 11 is 1.47. The van der Waals surface area contributed by atoms with Gasteiger partial charge in [0.1, 0.15) is 11.6 Å². The fourth-order valence-corrected chi connectivity index (χ4v) is 4.13. The zero-order chi connectivity index (χ0) is 25.4. The minimum atomic E-state index is -0.928. The number of nitrogens with zero attached hydrogens (tertiary/aromatic N) is 4. The van der Waals surface area contributed by atoms with Crippen molar-refractivity contribution < 1.29 is 14.7 Å². The van der Waals surface area contributed by atoms with Crippen molar-refractivity contribution in [2.75, 3.05) is 43.3 Å². The lowest BCUT2D eigenvalue weighted by Gasteiger charge is -2.22. The number of carboxylic acid groups (broad SMARTS) is 1. The molecule has 184 valence electrons. The third-order valence-electron chi connectivity index (χ3n) is 4.99. The molecule has 3 aromatic rings. The molecule has 0 bridgehead atoms. The van der Waals surface area contributed by atoms with Crippen molar-refractivity contribution in [3.05, 3.63) is 71.3 Å². The number of benzene rings is 2. The average molecular weight is 495 g/mol. The summed E-state index contributed by atoms with van der Waals surface area (Å²) in [7, 11) is 7.35. The molecule has 0 saturated heterocycles. The molecule has 0 atom stereocenters. The summed E-state index contributed by atoms with van der Waals surface area (Å²) < 4.78 is 0. The largest absolute Gasteiger partial charge is 0.481 e. The highest BCUT2D eigenvalue weighted by Crippen LogP contribution is 2.30. The molecule has 0 aliphatic rings. The summed E-state index contributed by atoms with van der Waals surface area (Å²) in [6, 6.07) is 17.0. The zero-order valence-corrected chi connectivity index (χ0v) is 21.1. The van der Waals surface area contributed by atoms with E-state index in [4.69, 9.17) is 0 Å². The third kappa shape index (κ3) is 7.61. The lowest BCUT2D eigenvalue weighted by Crippen LogP contribution is -2.28. The van der Waals surface area contributed by atoms with Crippen LogP contribution in [0.25, 0.3) is 0 Å². The lowest BCUT2D eigenvalue weighted by atomic mass is 10.2. The summed E-state index contributed by atoms with van der Waals surface area (Å²) in [5, 5.41) is 15.6. The van der Waals surface area contributed by atoms with Gasteiger partial charge in [0.25, 0.3) is 0 Å². The van der Waals surface area contributed by atoms with Crippen LogP contribution in [0.1, 0.15) is 16.7 Å². The van der Waals surface area contributed by atoms with Crippen LogP contribution in [0.4, 0.5) is 22.1 Å². The van der Waals surface area contributed by atoms with Gasteiger partial charge in [0.15, 0.2) is 5.16 Å². The van der Waals surface area contributed by atoms with Crippen molar-refractivity contribution >= 4 is 41.1 Å². The number of thioether (sulfide) groups is 1. The van der Waals surface area contributed by atoms with Gasteiger partial charge in [-0.05, 0) is 23.3 Å². The van der Waals surface area contributed by atoms with Crippen LogP contribution in [0, 0.1) is 0 Å². The maximum atomic E-state index is 12.2. The first kappa shape index (κ1) is 25.8. The van der Waals surface area contributed by atoms with E-state index in [9.17, 15) is 14.7 Å². The molecular weight excluding hydrogens is 464 g/mol. The number of nitrogens with one attached hydrogen (secondary N) is 2. The smallest absolute Gasteiger partial charge is 0.319 e. The van der Waals surface area contributed by atoms with E-state index in [1.54, 1.807) is 9.80 Å². The van der Waals surface area contributed by atoms with Crippen LogP contribution in [0.5, 0.6) is 0 Å². The van der Waals surface area contributed by atoms with Crippen LogP contribution in [0.3, 0.4) is 0 Å². The van der Waals surface area contributed by atoms with E-state index >= 15 is 0 Å². The highest BCUT2D eigenvalue weighted by molar-refractivity contribution is 7.98. The quantitative estimate of drug-likeness (QED) is 0.288. The van der Waals surface area contributed by atoms with E-state index in [2.05, 4.69) is 20.6 Å². The first-order valence-corrected chi connectivity index (χ1v) is 12.0. The van der Waals surface area contributed by atoms with Crippen molar-refractivity contribution in [1.82, 2.24) is 15.3 Å². The predicted molar refractivity (Wildman–Crippen MR) is 140 cm³/mol. The molecule has 1 heterocycles. The molecule has 3 N–H and O–H groups in total. The Morgan fingerprint density at radius 3 is 2.03 bits per heavy atom. The van der Waals surface area contributed by atoms with Crippen molar-refractivity contribution in [2.24, 2.45) is 0 Å². The van der Waals surface area contributed by atoms with Crippen LogP contribution in [-0.4, -0.2) is 55.3 Å². The summed E-state index contributed by atoms with van der Waals surface area (Å²) in [6.07, 6.45) is -0.153. The van der Waals surface area contributed by atoms with Gasteiger partial charge in [-0.1, -0.05) is 54.2 Å². The number of carboxylic acids is 1. The number of aliphatic carboxylic acids is 1. The van der Waals surface area contributed by atoms with Crippen molar-refractivity contribution in [1.29, 1.82) is 0 Å². The molecule has 35 heavy (non-hydrogen) atoms. The summed E-state index contributed by atoms with van der Waals surface area (Å²) in [5.41, 5.74) is 3.35. The average Bonchev–Trinajstić information content (AvgIpc) is 2.82. The molecule has 0 fully saturated rings. The number of carbonyl (C=O) groups excluding carboxylic acids is 1. The fraction of sp³-hybridized carbons (Fsp3) is 0.280. The van der Waals surface area contributed by atoms with Gasteiger partial charge in [0.05, 0.1) is 6.42 Å². The Kier molecular flexibility index (Phi) is 8.91. The molecule has 3 rings (SSSR count). The molecule has 0 spiro atoms. The molecule has 2 amide bonds. The monoisotopic (exact) mass is 494 g/mol. The van der Waals surface area contributed by atoms with E-state index in [1.165, 1.54) is 11.8 Å². The Morgan fingerprint density at radius 1 is 0.886 bits per heavy atom. The Morgan fingerprint density at radius 2 is 1.49 bits per heavy atom. The van der Waals surface area contributed by atoms with Crippen molar-refractivity contribution in [3.63, 3.8) is 0 Å². The minimum absolute atomic E-state index is 0.153. The van der Waals surface area contributed by atoms with Gasteiger partial charge in [-0.3, -0.25) is 4.79 Å². The Balaban J connectivity index is 1.63. The second kappa shape index (κ2) is 12.1. The van der Waals surface area contributed by atoms with Crippen LogP contribution in [-0.2, 0) is 23.5 Å². The normalized spacial score (nSPS) is 10.5. The Bertz CT molecular complexity index is 1120. The minimum Gasteiger partial charge on any atom is -0.481 e. The number of anilines is 3. The van der Waals surface area contributed by atoms with Gasteiger partial charge in [-0.25, -0.2) is 14.8 Å². The predicted octanol–water partition coefficient (Wildman–Crippen LogP) is 3.85. The van der Waals surface area contributed by atoms with Gasteiger partial charge in [-0.2, -0.15) is 0 Å². The van der Waals surface area contributed by atoms with Gasteiger partial charge in [0, 0.05) is 51.7 Å². The molecular formula is C25H30N6O3S. The second-order valence-electron chi connectivity index (χ2n) is 8.27. The second-order valence-corrected chi connectivity index (χ2v) is 9.21. The Hall–Kier alpha value is -3.79. The number of aromatic nitrogens is 2. The van der Waals surface area contributed by atoms with E-state index in [1.807, 2.05) is 82.8 Å². The Labute approximate surface area is 209 Å². The number of amides is 2. The molecule has 0 aliphatic carbocycles. The molecule has 10 heteroatoms. The van der Waals surface area contributed by atoms with Gasteiger partial charge in [-0.15, -0.1) is 0 Å². The molecule has 1 aromatic heterocycles. The van der Waals surface area contributed by atoms with E-state index in [-0.39, 0.29) is 12.5 Å². The molecule has 0 aliphatic heterocycles. The molecule has 0 unspecified atom stereocenters. The van der Waals surface area contributed by atoms with E-state index in [0.29, 0.717) is 40.3 Å².